The molecule has 14 heavy (non-hydrogen) atoms. The van der Waals surface area contributed by atoms with Crippen LogP contribution in [0.1, 0.15) is 44.9 Å². The average Bonchev–Trinajstić information content (AvgIpc) is 2.30. The molecule has 2 atom stereocenters. The van der Waals surface area contributed by atoms with Crippen molar-refractivity contribution in [2.75, 3.05) is 13.6 Å². The van der Waals surface area contributed by atoms with E-state index in [1.165, 1.54) is 51.5 Å². The third-order valence-electron chi connectivity index (χ3n) is 3.31. The summed E-state index contributed by atoms with van der Waals surface area (Å²) in [6, 6.07) is 0.559. The Morgan fingerprint density at radius 2 is 1.71 bits per heavy atom. The van der Waals surface area contributed by atoms with Gasteiger partial charge in [-0.25, -0.2) is 0 Å². The van der Waals surface area contributed by atoms with Crippen LogP contribution in [-0.2, 0) is 0 Å². The van der Waals surface area contributed by atoms with Gasteiger partial charge in [0, 0.05) is 6.04 Å². The molecule has 0 radical (unpaired) electrons. The Morgan fingerprint density at radius 3 is 2.43 bits per heavy atom. The van der Waals surface area contributed by atoms with Crippen LogP contribution in [-0.4, -0.2) is 19.6 Å². The molecule has 0 heterocycles. The van der Waals surface area contributed by atoms with E-state index in [1.807, 2.05) is 0 Å². The van der Waals surface area contributed by atoms with Crippen LogP contribution < -0.4 is 16.6 Å². The van der Waals surface area contributed by atoms with Crippen molar-refractivity contribution in [3.8, 4) is 0 Å². The highest BCUT2D eigenvalue weighted by Gasteiger charge is 2.13. The lowest BCUT2D eigenvalue weighted by Gasteiger charge is -2.15. The second-order valence-electron chi connectivity index (χ2n) is 4.50. The zero-order valence-electron chi connectivity index (χ0n) is 9.39. The Morgan fingerprint density at radius 1 is 1.07 bits per heavy atom. The molecular weight excluding hydrogens is 174 g/mol. The molecule has 1 fully saturated rings. The molecule has 2 unspecified atom stereocenters. The van der Waals surface area contributed by atoms with Crippen molar-refractivity contribution in [3.63, 3.8) is 0 Å². The molecule has 0 spiro atoms. The summed E-state index contributed by atoms with van der Waals surface area (Å²) in [6.45, 7) is 1.18. The van der Waals surface area contributed by atoms with Crippen LogP contribution in [0, 0.1) is 5.92 Å². The van der Waals surface area contributed by atoms with Crippen LogP contribution in [0.3, 0.4) is 0 Å². The van der Waals surface area contributed by atoms with Crippen molar-refractivity contribution in [2.24, 2.45) is 11.8 Å². The second kappa shape index (κ2) is 7.21. The Bertz CT molecular complexity index is 138. The van der Waals surface area contributed by atoms with Gasteiger partial charge in [-0.05, 0) is 45.2 Å². The van der Waals surface area contributed by atoms with Crippen molar-refractivity contribution in [1.82, 2.24) is 10.7 Å². The van der Waals surface area contributed by atoms with E-state index in [9.17, 15) is 0 Å². The molecular formula is C11H25N3. The highest BCUT2D eigenvalue weighted by Crippen LogP contribution is 2.21. The molecule has 4 N–H and O–H groups in total. The van der Waals surface area contributed by atoms with Crippen LogP contribution in [0.2, 0.25) is 0 Å². The number of hydrazine groups is 1. The van der Waals surface area contributed by atoms with E-state index in [2.05, 4.69) is 17.8 Å². The molecule has 0 aromatic carbocycles. The topological polar surface area (TPSA) is 50.1 Å². The molecule has 0 aliphatic heterocycles. The van der Waals surface area contributed by atoms with Crippen molar-refractivity contribution in [3.05, 3.63) is 0 Å². The minimum atomic E-state index is 0.559. The van der Waals surface area contributed by atoms with E-state index in [1.54, 1.807) is 0 Å². The van der Waals surface area contributed by atoms with Crippen molar-refractivity contribution < 1.29 is 0 Å². The van der Waals surface area contributed by atoms with Gasteiger partial charge in [0.05, 0.1) is 0 Å². The van der Waals surface area contributed by atoms with Gasteiger partial charge in [0.25, 0.3) is 0 Å². The highest BCUT2D eigenvalue weighted by atomic mass is 15.2. The van der Waals surface area contributed by atoms with Gasteiger partial charge in [0.2, 0.25) is 0 Å². The highest BCUT2D eigenvalue weighted by molar-refractivity contribution is 4.70. The first-order valence-corrected chi connectivity index (χ1v) is 5.97. The van der Waals surface area contributed by atoms with E-state index in [-0.39, 0.29) is 0 Å². The van der Waals surface area contributed by atoms with E-state index in [4.69, 9.17) is 5.84 Å². The summed E-state index contributed by atoms with van der Waals surface area (Å²) >= 11 is 0. The van der Waals surface area contributed by atoms with Crippen molar-refractivity contribution in [1.29, 1.82) is 0 Å². The first kappa shape index (κ1) is 12.0. The van der Waals surface area contributed by atoms with Crippen LogP contribution >= 0.6 is 0 Å². The molecule has 1 saturated carbocycles. The zero-order chi connectivity index (χ0) is 10.2. The third-order valence-corrected chi connectivity index (χ3v) is 3.31. The molecule has 1 aliphatic rings. The number of nitrogens with one attached hydrogen (secondary N) is 2. The fourth-order valence-electron chi connectivity index (χ4n) is 2.42. The molecule has 0 aromatic heterocycles. The first-order chi connectivity index (χ1) is 6.86. The van der Waals surface area contributed by atoms with Gasteiger partial charge in [0.1, 0.15) is 0 Å². The number of nitrogens with two attached hydrogens (primary N) is 1. The summed E-state index contributed by atoms with van der Waals surface area (Å²) in [5, 5.41) is 3.29. The van der Waals surface area contributed by atoms with Crippen molar-refractivity contribution in [2.45, 2.75) is 51.0 Å². The SMILES string of the molecule is CNCC1CCCCC(NN)CCC1. The minimum Gasteiger partial charge on any atom is -0.319 e. The largest absolute Gasteiger partial charge is 0.319 e. The molecule has 84 valence electrons. The maximum absolute atomic E-state index is 5.51. The molecule has 0 amide bonds. The Hall–Kier alpha value is -0.120. The third kappa shape index (κ3) is 4.40. The van der Waals surface area contributed by atoms with Crippen LogP contribution in [0.4, 0.5) is 0 Å². The summed E-state index contributed by atoms with van der Waals surface area (Å²) in [7, 11) is 2.05. The van der Waals surface area contributed by atoms with E-state index in [0.717, 1.165) is 5.92 Å². The molecule has 1 rings (SSSR count). The van der Waals surface area contributed by atoms with E-state index >= 15 is 0 Å². The number of rotatable bonds is 3. The summed E-state index contributed by atoms with van der Waals surface area (Å²) in [6.07, 6.45) is 9.26. The van der Waals surface area contributed by atoms with Gasteiger partial charge >= 0.3 is 0 Å². The van der Waals surface area contributed by atoms with Gasteiger partial charge in [-0.3, -0.25) is 11.3 Å². The molecule has 3 nitrogen and oxygen atoms in total. The Labute approximate surface area is 87.8 Å². The predicted octanol–water partition coefficient (Wildman–Crippen LogP) is 1.40. The fraction of sp³-hybridized carbons (Fsp3) is 1.00. The van der Waals surface area contributed by atoms with E-state index < -0.39 is 0 Å². The Kier molecular flexibility index (Phi) is 6.15. The number of hydrogen-bond acceptors (Lipinski definition) is 3. The van der Waals surface area contributed by atoms with Crippen LogP contribution in [0.15, 0.2) is 0 Å². The standard InChI is InChI=1S/C11H25N3/c1-13-9-10-5-2-3-7-11(14-12)8-4-6-10/h10-11,13-14H,2-9,12H2,1H3. The molecule has 3 heteroatoms. The van der Waals surface area contributed by atoms with Gasteiger partial charge in [-0.1, -0.05) is 19.3 Å². The minimum absolute atomic E-state index is 0.559. The Balaban J connectivity index is 2.28. The van der Waals surface area contributed by atoms with Gasteiger partial charge in [-0.2, -0.15) is 0 Å². The lowest BCUT2D eigenvalue weighted by molar-refractivity contribution is 0.406. The molecule has 0 bridgehead atoms. The second-order valence-corrected chi connectivity index (χ2v) is 4.50. The zero-order valence-corrected chi connectivity index (χ0v) is 9.39. The maximum atomic E-state index is 5.51. The van der Waals surface area contributed by atoms with Crippen LogP contribution in [0.5, 0.6) is 0 Å². The lowest BCUT2D eigenvalue weighted by Crippen LogP contribution is -2.34. The van der Waals surface area contributed by atoms with Gasteiger partial charge < -0.3 is 5.32 Å². The van der Waals surface area contributed by atoms with Gasteiger partial charge in [0.15, 0.2) is 0 Å². The molecule has 1 aliphatic carbocycles. The summed E-state index contributed by atoms with van der Waals surface area (Å²) in [4.78, 5) is 0. The predicted molar refractivity (Wildman–Crippen MR) is 60.8 cm³/mol. The first-order valence-electron chi connectivity index (χ1n) is 5.97. The van der Waals surface area contributed by atoms with Crippen molar-refractivity contribution >= 4 is 0 Å². The average molecular weight is 199 g/mol. The summed E-state index contributed by atoms with van der Waals surface area (Å²) < 4.78 is 0. The quantitative estimate of drug-likeness (QED) is 0.476. The summed E-state index contributed by atoms with van der Waals surface area (Å²) in [5.74, 6) is 6.39. The molecule has 0 aromatic rings. The smallest absolute Gasteiger partial charge is 0.0210 e. The monoisotopic (exact) mass is 199 g/mol. The van der Waals surface area contributed by atoms with Gasteiger partial charge in [-0.15, -0.1) is 0 Å². The molecule has 0 saturated heterocycles. The normalized spacial score (nSPS) is 30.4. The maximum Gasteiger partial charge on any atom is 0.0210 e. The lowest BCUT2D eigenvalue weighted by atomic mass is 9.97. The fourth-order valence-corrected chi connectivity index (χ4v) is 2.42. The number of hydrogen-bond donors (Lipinski definition) is 3. The summed E-state index contributed by atoms with van der Waals surface area (Å²) in [5.41, 5.74) is 2.93. The van der Waals surface area contributed by atoms with Crippen LogP contribution in [0.25, 0.3) is 0 Å². The van der Waals surface area contributed by atoms with E-state index in [0.29, 0.717) is 6.04 Å².